The molecule has 2 amide bonds. The number of hydrogen-bond donors (Lipinski definition) is 15. The second-order valence-corrected chi connectivity index (χ2v) is 23.7. The maximum absolute atomic E-state index is 12.6. The predicted octanol–water partition coefficient (Wildman–Crippen LogP) is -4.62. The number of aliphatic hydroxyl groups excluding tert-OH is 4. The van der Waals surface area contributed by atoms with Gasteiger partial charge in [-0.2, -0.15) is 43.6 Å². The summed E-state index contributed by atoms with van der Waals surface area (Å²) in [5.41, 5.74) is -6.18. The van der Waals surface area contributed by atoms with E-state index in [1.54, 1.807) is 9.97 Å². The molecule has 19 N–H and O–H groups in total. The molecule has 2 aliphatic heterocycles. The third-order valence-corrected chi connectivity index (χ3v) is 16.5. The van der Waals surface area contributed by atoms with E-state index < -0.39 is 180 Å². The number of carbonyl (C=O) groups excluding carboxylic acids is 2. The van der Waals surface area contributed by atoms with Crippen LogP contribution in [0.15, 0.2) is 31.6 Å². The summed E-state index contributed by atoms with van der Waals surface area (Å²) in [6, 6.07) is 0. The van der Waals surface area contributed by atoms with Crippen LogP contribution in [0.3, 0.4) is 0 Å². The minimum atomic E-state index is -5.86. The molecule has 2 aromatic rings. The van der Waals surface area contributed by atoms with Crippen LogP contribution < -0.4 is 28.6 Å². The Bertz CT molecular complexity index is 2820. The van der Waals surface area contributed by atoms with E-state index >= 15 is 0 Å². The summed E-state index contributed by atoms with van der Waals surface area (Å²) in [4.78, 5) is 146. The highest BCUT2D eigenvalue weighted by Gasteiger charge is 2.49. The lowest BCUT2D eigenvalue weighted by Gasteiger charge is -2.21. The van der Waals surface area contributed by atoms with Gasteiger partial charge in [0.05, 0.1) is 37.4 Å². The van der Waals surface area contributed by atoms with Gasteiger partial charge < -0.3 is 90.5 Å². The zero-order chi connectivity index (χ0) is 58.9. The van der Waals surface area contributed by atoms with Crippen molar-refractivity contribution in [2.75, 3.05) is 27.3 Å². The maximum atomic E-state index is 12.6. The van der Waals surface area contributed by atoms with Crippen molar-refractivity contribution in [1.82, 2.24) is 35.1 Å². The second-order valence-electron chi connectivity index (χ2n) is 14.8. The summed E-state index contributed by atoms with van der Waals surface area (Å²) in [6.45, 7) is -4.39. The Morgan fingerprint density at radius 3 is 1.10 bits per heavy atom. The summed E-state index contributed by atoms with van der Waals surface area (Å²) in [5, 5.41) is 40.7. The molecule has 78 heavy (non-hydrogen) atoms. The van der Waals surface area contributed by atoms with E-state index in [2.05, 4.69) is 26.3 Å². The van der Waals surface area contributed by atoms with Crippen molar-refractivity contribution in [1.29, 1.82) is 0 Å². The molecule has 2 saturated heterocycles. The molecule has 0 saturated carbocycles. The van der Waals surface area contributed by atoms with Crippen LogP contribution in [0.5, 0.6) is 0 Å². The summed E-state index contributed by atoms with van der Waals surface area (Å²) >= 11 is 0. The van der Waals surface area contributed by atoms with E-state index in [0.29, 0.717) is 35.6 Å². The van der Waals surface area contributed by atoms with Crippen LogP contribution in [0.4, 0.5) is 26.3 Å². The van der Waals surface area contributed by atoms with Crippen LogP contribution >= 0.6 is 46.9 Å². The van der Waals surface area contributed by atoms with Crippen molar-refractivity contribution >= 4 is 58.8 Å². The van der Waals surface area contributed by atoms with Crippen LogP contribution in [-0.4, -0.2) is 182 Å². The Labute approximate surface area is 424 Å². The van der Waals surface area contributed by atoms with Gasteiger partial charge in [0.15, 0.2) is 12.5 Å². The predicted molar refractivity (Wildman–Crippen MR) is 228 cm³/mol. The van der Waals surface area contributed by atoms with Gasteiger partial charge >= 0.3 is 82.5 Å². The highest BCUT2D eigenvalue weighted by Crippen LogP contribution is 2.67. The molecule has 2 aromatic heterocycles. The number of aliphatic hydroxyl groups is 4. The van der Waals surface area contributed by atoms with Gasteiger partial charge in [-0.1, -0.05) is 0 Å². The molecule has 2 aliphatic rings. The second kappa shape index (κ2) is 26.5. The highest BCUT2D eigenvalue weighted by atomic mass is 31.3. The Morgan fingerprint density at radius 1 is 0.564 bits per heavy atom. The first-order valence-electron chi connectivity index (χ1n) is 19.0. The zero-order valence-corrected chi connectivity index (χ0v) is 43.4. The minimum absolute atomic E-state index is 0. The number of aromatic amines is 2. The number of phosphoric ester groups is 2. The first-order valence-corrected chi connectivity index (χ1v) is 28.0. The van der Waals surface area contributed by atoms with E-state index in [0.717, 1.165) is 0 Å². The summed E-state index contributed by atoms with van der Waals surface area (Å²) in [5.74, 6) is -4.65. The molecule has 4 rings (SSSR count). The average molecular weight is 1280 g/mol. The maximum Gasteiger partial charge on any atom is 0.490 e. The summed E-state index contributed by atoms with van der Waals surface area (Å²) in [7, 11) is -33.0. The Morgan fingerprint density at radius 2 is 0.846 bits per heavy atom. The molecule has 0 aromatic carbocycles. The standard InChI is InChI=1S/2C13H19F3N3O16P3.H3N.H2O/c2*1-18(11(23)13(14,15)16)2-5-3-19(12(24)17-9(5)22)10-8(21)7(20)6(33-10)4-32-37(28,29)35-38(30,31)34-36(25,26)27;;/h2*3,6-8,10,20-21H,2,4H2,1H3,(H,28,29)(H,30,31)(H,17,22,24)(H2,25,26,27);1H3;1H2/t2*6-,7?,8+,10-;;/m11../s1. The Balaban J connectivity index is 0.000000760. The van der Waals surface area contributed by atoms with Gasteiger partial charge in [0.25, 0.3) is 11.1 Å². The number of halogens is 6. The Kier molecular flexibility index (Phi) is 24.6. The molecule has 40 nitrogen and oxygen atoms in total. The van der Waals surface area contributed by atoms with Crippen LogP contribution in [0.1, 0.15) is 23.6 Å². The summed E-state index contributed by atoms with van der Waals surface area (Å²) < 4.78 is 177. The molecule has 0 aliphatic carbocycles. The van der Waals surface area contributed by atoms with Gasteiger partial charge in [-0.05, 0) is 0 Å². The van der Waals surface area contributed by atoms with E-state index in [-0.39, 0.29) is 21.4 Å². The molecule has 4 heterocycles. The topological polar surface area (TPSA) is 636 Å². The van der Waals surface area contributed by atoms with Gasteiger partial charge in [0.1, 0.15) is 36.6 Å². The molecule has 0 bridgehead atoms. The molecule has 6 unspecified atom stereocenters. The number of carbonyl (C=O) groups is 2. The lowest BCUT2D eigenvalue weighted by Crippen LogP contribution is -2.42. The van der Waals surface area contributed by atoms with Gasteiger partial charge in [0, 0.05) is 26.5 Å². The highest BCUT2D eigenvalue weighted by molar-refractivity contribution is 7.67. The van der Waals surface area contributed by atoms with E-state index in [1.165, 1.54) is 0 Å². The van der Waals surface area contributed by atoms with Crippen molar-refractivity contribution < 1.29 is 164 Å². The summed E-state index contributed by atoms with van der Waals surface area (Å²) in [6.07, 6.45) is -24.9. The minimum Gasteiger partial charge on any atom is -0.412 e. The van der Waals surface area contributed by atoms with E-state index in [4.69, 9.17) is 38.8 Å². The fraction of sp³-hybridized carbons (Fsp3) is 0.615. The monoisotopic (exact) mass is 1280 g/mol. The molecular formula is C26H43F6N7O33P6. The van der Waals surface area contributed by atoms with Crippen LogP contribution in [-0.2, 0) is 85.8 Å². The third-order valence-electron chi connectivity index (χ3n) is 8.93. The van der Waals surface area contributed by atoms with Gasteiger partial charge in [-0.15, -0.1) is 0 Å². The Hall–Kier alpha value is -3.62. The number of aromatic nitrogens is 4. The zero-order valence-electron chi connectivity index (χ0n) is 38.1. The van der Waals surface area contributed by atoms with Gasteiger partial charge in [-0.3, -0.25) is 47.3 Å². The third kappa shape index (κ3) is 21.0. The van der Waals surface area contributed by atoms with Crippen LogP contribution in [0.25, 0.3) is 0 Å². The normalized spacial score (nSPS) is 24.9. The number of H-pyrrole nitrogens is 2. The van der Waals surface area contributed by atoms with Crippen molar-refractivity contribution in [3.63, 3.8) is 0 Å². The molecule has 0 spiro atoms. The fourth-order valence-corrected chi connectivity index (χ4v) is 11.9. The number of nitrogens with zero attached hydrogens (tertiary/aromatic N) is 4. The lowest BCUT2D eigenvalue weighted by atomic mass is 10.1. The number of phosphoric acid groups is 6. The number of rotatable bonds is 20. The number of amides is 2. The van der Waals surface area contributed by atoms with Crippen molar-refractivity contribution in [2.45, 2.75) is 74.5 Å². The molecule has 452 valence electrons. The van der Waals surface area contributed by atoms with E-state index in [9.17, 15) is 113 Å². The number of ether oxygens (including phenoxy) is 2. The number of nitrogens with one attached hydrogen (secondary N) is 2. The number of alkyl halides is 6. The first kappa shape index (κ1) is 72.4. The van der Waals surface area contributed by atoms with Gasteiger partial charge in [0.2, 0.25) is 0 Å². The van der Waals surface area contributed by atoms with Crippen molar-refractivity contribution in [2.24, 2.45) is 0 Å². The quantitative estimate of drug-likeness (QED) is 0.0438. The van der Waals surface area contributed by atoms with Crippen LogP contribution in [0, 0.1) is 0 Å². The van der Waals surface area contributed by atoms with Crippen molar-refractivity contribution in [3.05, 3.63) is 65.2 Å². The largest absolute Gasteiger partial charge is 0.490 e. The SMILES string of the molecule is CN(Cc1cn([C@@H]2O[C@H](COP(=O)(O)OP(=O)(O)OP(=O)(O)O)C(O)[C@@H]2O)c(=O)[nH]c1=O)C(=O)C(F)(F)F.CN(Cc1cn([C@@H]2O[C@H](COP(=O)(O)OP(=O)(O)OP(=O)(O)O)C(O)[C@@H]2O)c(=O)[nH]c1=O)C(=O)C(F)(F)F.N.O. The van der Waals surface area contributed by atoms with Crippen molar-refractivity contribution in [3.8, 4) is 0 Å². The fourth-order valence-electron chi connectivity index (χ4n) is 5.88. The average Bonchev–Trinajstić information content (AvgIpc) is 3.65. The van der Waals surface area contributed by atoms with Gasteiger partial charge in [-0.25, -0.2) is 37.0 Å². The van der Waals surface area contributed by atoms with Crippen LogP contribution in [0.2, 0.25) is 0 Å². The molecule has 0 radical (unpaired) electrons. The number of hydrogen-bond acceptors (Lipinski definition) is 25. The molecular weight excluding hydrogens is 1240 g/mol. The lowest BCUT2D eigenvalue weighted by molar-refractivity contribution is -0.184. The van der Waals surface area contributed by atoms with E-state index in [1.807, 2.05) is 0 Å². The first-order chi connectivity index (χ1) is 34.1. The molecule has 12 atom stereocenters. The molecule has 2 fully saturated rings. The molecule has 52 heteroatoms. The smallest absolute Gasteiger partial charge is 0.412 e.